The molecule has 8 rings (SSSR count). The van der Waals surface area contributed by atoms with Crippen LogP contribution in [-0.4, -0.2) is 94.5 Å². The number of carboxylic acids is 1. The topological polar surface area (TPSA) is 202 Å². The average molecular weight is 801 g/mol. The molecule has 4 heterocycles. The lowest BCUT2D eigenvalue weighted by Gasteiger charge is -2.36. The molecular formula is C42H38F2N10O5. The third-order valence-corrected chi connectivity index (χ3v) is 9.31. The highest BCUT2D eigenvalue weighted by Crippen LogP contribution is 2.24. The lowest BCUT2D eigenvalue weighted by atomic mass is 10.1. The minimum atomic E-state index is -0.975. The molecule has 15 nitrogen and oxygen atoms in total. The number of aromatic nitrogens is 4. The van der Waals surface area contributed by atoms with Gasteiger partial charge in [0.25, 0.3) is 5.91 Å². The van der Waals surface area contributed by atoms with Gasteiger partial charge in [0.1, 0.15) is 11.6 Å². The van der Waals surface area contributed by atoms with E-state index in [2.05, 4.69) is 25.6 Å². The number of hydrogen-bond donors (Lipinski definition) is 2. The van der Waals surface area contributed by atoms with Crippen LogP contribution in [-0.2, 0) is 0 Å². The molecule has 0 aliphatic carbocycles. The molecule has 0 radical (unpaired) electrons. The van der Waals surface area contributed by atoms with E-state index in [1.54, 1.807) is 73.3 Å². The molecule has 1 amide bonds. The Labute approximate surface area is 337 Å². The summed E-state index contributed by atoms with van der Waals surface area (Å²) in [6.07, 6.45) is 0. The van der Waals surface area contributed by atoms with E-state index < -0.39 is 11.8 Å². The number of amides is 1. The van der Waals surface area contributed by atoms with Gasteiger partial charge >= 0.3 is 5.97 Å². The van der Waals surface area contributed by atoms with E-state index in [-0.39, 0.29) is 22.9 Å². The number of halogens is 2. The molecule has 2 N–H and O–H groups in total. The largest absolute Gasteiger partial charge is 0.478 e. The third-order valence-electron chi connectivity index (χ3n) is 9.31. The third kappa shape index (κ3) is 10.5. The smallest absolute Gasteiger partial charge is 0.335 e. The molecule has 2 saturated heterocycles. The van der Waals surface area contributed by atoms with Crippen LogP contribution < -0.4 is 15.1 Å². The van der Waals surface area contributed by atoms with Gasteiger partial charge < -0.3 is 34.2 Å². The van der Waals surface area contributed by atoms with Gasteiger partial charge in [0.05, 0.1) is 40.2 Å². The first-order valence-electron chi connectivity index (χ1n) is 18.5. The van der Waals surface area contributed by atoms with Crippen molar-refractivity contribution in [2.75, 3.05) is 62.2 Å². The summed E-state index contributed by atoms with van der Waals surface area (Å²) < 4.78 is 37.7. The zero-order valence-corrected chi connectivity index (χ0v) is 32.1. The summed E-state index contributed by atoms with van der Waals surface area (Å²) in [7, 11) is 0. The summed E-state index contributed by atoms with van der Waals surface area (Å²) in [4.78, 5) is 37.5. The van der Waals surface area contributed by atoms with E-state index in [1.165, 1.54) is 24.3 Å². The number of benzene rings is 4. The molecule has 0 atom stereocenters. The number of aromatic carboxylic acids is 1. The van der Waals surface area contributed by atoms with Crippen molar-refractivity contribution in [2.24, 2.45) is 0 Å². The molecule has 0 saturated carbocycles. The molecule has 2 fully saturated rings. The Kier molecular flexibility index (Phi) is 13.3. The van der Waals surface area contributed by atoms with Gasteiger partial charge in [-0.05, 0) is 60.7 Å². The van der Waals surface area contributed by atoms with Gasteiger partial charge in [-0.1, -0.05) is 34.6 Å². The zero-order chi connectivity index (χ0) is 41.9. The van der Waals surface area contributed by atoms with Crippen LogP contribution in [0.4, 0.5) is 20.2 Å². The Bertz CT molecular complexity index is 2510. The molecule has 2 aromatic heterocycles. The van der Waals surface area contributed by atoms with E-state index in [0.29, 0.717) is 83.2 Å². The van der Waals surface area contributed by atoms with Gasteiger partial charge in [-0.2, -0.15) is 20.5 Å². The van der Waals surface area contributed by atoms with Gasteiger partial charge in [-0.15, -0.1) is 0 Å². The maximum absolute atomic E-state index is 14.3. The molecular weight excluding hydrogens is 763 g/mol. The summed E-state index contributed by atoms with van der Waals surface area (Å²) >= 11 is 0. The number of nitrogens with one attached hydrogen (secondary N) is 1. The monoisotopic (exact) mass is 800 g/mol. The molecule has 2 aliphatic rings. The van der Waals surface area contributed by atoms with E-state index in [1.807, 2.05) is 28.0 Å². The summed E-state index contributed by atoms with van der Waals surface area (Å²) in [6.45, 7) is 8.73. The van der Waals surface area contributed by atoms with Crippen LogP contribution in [0.5, 0.6) is 0 Å². The first-order valence-corrected chi connectivity index (χ1v) is 18.5. The Morgan fingerprint density at radius 3 is 1.59 bits per heavy atom. The van der Waals surface area contributed by atoms with E-state index >= 15 is 0 Å². The van der Waals surface area contributed by atoms with Crippen molar-refractivity contribution in [2.45, 2.75) is 13.8 Å². The van der Waals surface area contributed by atoms with Crippen molar-refractivity contribution >= 4 is 23.3 Å². The van der Waals surface area contributed by atoms with Crippen molar-refractivity contribution in [3.63, 3.8) is 0 Å². The summed E-state index contributed by atoms with van der Waals surface area (Å²) in [6, 6.07) is 26.4. The quantitative estimate of drug-likeness (QED) is 0.203. The predicted molar refractivity (Wildman–Crippen MR) is 211 cm³/mol. The fraction of sp³-hybridized carbons (Fsp3) is 0.238. The minimum Gasteiger partial charge on any atom is -0.478 e. The minimum absolute atomic E-state index is 0.0907. The number of anilines is 2. The van der Waals surface area contributed by atoms with Gasteiger partial charge in [-0.3, -0.25) is 4.79 Å². The van der Waals surface area contributed by atoms with Gasteiger partial charge in [-0.25, -0.2) is 13.6 Å². The maximum Gasteiger partial charge on any atom is 0.335 e. The van der Waals surface area contributed by atoms with Crippen LogP contribution in [0.25, 0.3) is 22.8 Å². The Balaban J connectivity index is 0.000000164. The SMILES string of the molecule is Cc1nc(-c2cccc(C(=O)N3CCN(c4ccc(C#N)cc4F)CC3)c2)no1.Cc1nc(-c2cccc(C(=O)O)c2)no1.N#Cc1ccc(N2CCNCC2)c(F)c1. The molecule has 59 heavy (non-hydrogen) atoms. The highest BCUT2D eigenvalue weighted by atomic mass is 19.1. The van der Waals surface area contributed by atoms with Crippen molar-refractivity contribution < 1.29 is 32.5 Å². The van der Waals surface area contributed by atoms with Crippen molar-refractivity contribution in [1.82, 2.24) is 30.5 Å². The van der Waals surface area contributed by atoms with Gasteiger partial charge in [0.2, 0.25) is 23.4 Å². The Morgan fingerprint density at radius 2 is 1.15 bits per heavy atom. The van der Waals surface area contributed by atoms with Crippen LogP contribution in [0, 0.1) is 48.1 Å². The molecule has 0 spiro atoms. The number of hydrogen-bond acceptors (Lipinski definition) is 13. The number of piperazine rings is 2. The van der Waals surface area contributed by atoms with Gasteiger partial charge in [0.15, 0.2) is 0 Å². The number of nitriles is 2. The summed E-state index contributed by atoms with van der Waals surface area (Å²) in [5.41, 5.74) is 3.79. The van der Waals surface area contributed by atoms with Crippen LogP contribution in [0.1, 0.15) is 43.6 Å². The molecule has 2 aliphatic heterocycles. The maximum atomic E-state index is 14.3. The summed E-state index contributed by atoms with van der Waals surface area (Å²) in [5.74, 6) is -0.0468. The Morgan fingerprint density at radius 1 is 0.678 bits per heavy atom. The highest BCUT2D eigenvalue weighted by molar-refractivity contribution is 5.95. The van der Waals surface area contributed by atoms with Crippen LogP contribution in [0.2, 0.25) is 0 Å². The molecule has 300 valence electrons. The summed E-state index contributed by atoms with van der Waals surface area (Å²) in [5, 5.41) is 37.1. The fourth-order valence-corrected chi connectivity index (χ4v) is 6.32. The predicted octanol–water partition coefficient (Wildman–Crippen LogP) is 5.87. The second-order valence-electron chi connectivity index (χ2n) is 13.3. The highest BCUT2D eigenvalue weighted by Gasteiger charge is 2.24. The van der Waals surface area contributed by atoms with Gasteiger partial charge in [0, 0.05) is 82.9 Å². The van der Waals surface area contributed by atoms with E-state index in [0.717, 1.165) is 26.2 Å². The number of rotatable bonds is 6. The molecule has 0 bridgehead atoms. The first kappa shape index (κ1) is 41.1. The number of carboxylic acid groups (broad SMARTS) is 1. The second-order valence-corrected chi connectivity index (χ2v) is 13.3. The number of carbonyl (C=O) groups excluding carboxylic acids is 1. The lowest BCUT2D eigenvalue weighted by molar-refractivity contribution is 0.0695. The number of nitrogens with zero attached hydrogens (tertiary/aromatic N) is 9. The van der Waals surface area contributed by atoms with Crippen LogP contribution in [0.15, 0.2) is 94.0 Å². The Hall–Kier alpha value is -7.50. The van der Waals surface area contributed by atoms with Crippen molar-refractivity contribution in [3.05, 3.63) is 131 Å². The van der Waals surface area contributed by atoms with E-state index in [4.69, 9.17) is 24.7 Å². The molecule has 4 aromatic carbocycles. The van der Waals surface area contributed by atoms with Crippen LogP contribution in [0.3, 0.4) is 0 Å². The molecule has 0 unspecified atom stereocenters. The fourth-order valence-electron chi connectivity index (χ4n) is 6.32. The molecule has 6 aromatic rings. The number of carbonyl (C=O) groups is 2. The van der Waals surface area contributed by atoms with Crippen LogP contribution >= 0.6 is 0 Å². The second kappa shape index (κ2) is 19.1. The standard InChI is InChI=1S/C21H18FN5O2.C11H12FN3.C10H8N2O3/c1-14-24-20(25-29-14)16-3-2-4-17(12-16)21(28)27-9-7-26(8-10-27)19-6-5-15(13-23)11-18(19)22;12-10-7-9(8-13)1-2-11(10)15-5-3-14-4-6-15;1-6-11-9(12-15-6)7-3-2-4-8(5-7)10(13)14/h2-6,11-12H,7-10H2,1H3;1-2,7,14H,3-6H2;2-5H,1H3,(H,13,14). The van der Waals surface area contributed by atoms with Crippen molar-refractivity contribution in [1.29, 1.82) is 10.5 Å². The zero-order valence-electron chi connectivity index (χ0n) is 32.1. The van der Waals surface area contributed by atoms with E-state index in [9.17, 15) is 18.4 Å². The lowest BCUT2D eigenvalue weighted by Crippen LogP contribution is -2.49. The normalized spacial score (nSPS) is 13.6. The van der Waals surface area contributed by atoms with Crippen molar-refractivity contribution in [3.8, 4) is 34.9 Å². The number of aryl methyl sites for hydroxylation is 2. The average Bonchev–Trinajstić information content (AvgIpc) is 3.92. The molecule has 17 heteroatoms. The first-order chi connectivity index (χ1) is 28.5.